The first-order chi connectivity index (χ1) is 9.17. The lowest BCUT2D eigenvalue weighted by molar-refractivity contribution is -0.0626. The van der Waals surface area contributed by atoms with Gasteiger partial charge in [0.1, 0.15) is 11.3 Å². The van der Waals surface area contributed by atoms with Crippen LogP contribution in [0.4, 0.5) is 4.79 Å². The number of nitriles is 1. The van der Waals surface area contributed by atoms with E-state index >= 15 is 0 Å². The summed E-state index contributed by atoms with van der Waals surface area (Å²) in [6, 6.07) is 1.93. The molecule has 1 heterocycles. The van der Waals surface area contributed by atoms with Gasteiger partial charge in [0.2, 0.25) is 0 Å². The lowest BCUT2D eigenvalue weighted by Gasteiger charge is -2.35. The minimum atomic E-state index is -0.661. The second-order valence-electron chi connectivity index (χ2n) is 6.37. The zero-order chi connectivity index (χ0) is 15.4. The van der Waals surface area contributed by atoms with E-state index < -0.39 is 11.3 Å². The minimum absolute atomic E-state index is 0.0248. The van der Waals surface area contributed by atoms with E-state index in [2.05, 4.69) is 0 Å². The summed E-state index contributed by atoms with van der Waals surface area (Å²) in [6.07, 6.45) is 4.39. The summed E-state index contributed by atoms with van der Waals surface area (Å²) >= 11 is 0. The SMILES string of the molecule is CC(C)(C)OC(=O)N1C(CC/C=C/C#N)COC1(C)C. The number of nitrogens with zero attached hydrogens (tertiary/aromatic N) is 2. The van der Waals surface area contributed by atoms with E-state index in [-0.39, 0.29) is 12.1 Å². The molecule has 20 heavy (non-hydrogen) atoms. The third-order valence-corrected chi connectivity index (χ3v) is 3.02. The van der Waals surface area contributed by atoms with E-state index in [0.717, 1.165) is 12.8 Å². The Kier molecular flexibility index (Phi) is 5.18. The van der Waals surface area contributed by atoms with Gasteiger partial charge in [-0.25, -0.2) is 4.79 Å². The van der Waals surface area contributed by atoms with Gasteiger partial charge in [-0.1, -0.05) is 6.08 Å². The maximum atomic E-state index is 12.3. The van der Waals surface area contributed by atoms with Gasteiger partial charge in [0.15, 0.2) is 0 Å². The van der Waals surface area contributed by atoms with Gasteiger partial charge in [-0.3, -0.25) is 4.90 Å². The van der Waals surface area contributed by atoms with Crippen LogP contribution in [-0.2, 0) is 9.47 Å². The van der Waals surface area contributed by atoms with Crippen molar-refractivity contribution in [1.82, 2.24) is 4.90 Å². The summed E-state index contributed by atoms with van der Waals surface area (Å²) in [4.78, 5) is 14.0. The molecule has 1 unspecified atom stereocenters. The first kappa shape index (κ1) is 16.5. The fourth-order valence-electron chi connectivity index (χ4n) is 2.20. The second kappa shape index (κ2) is 6.27. The highest BCUT2D eigenvalue weighted by atomic mass is 16.6. The molecule has 5 nitrogen and oxygen atoms in total. The van der Waals surface area contributed by atoms with E-state index in [1.165, 1.54) is 6.08 Å². The molecule has 1 fully saturated rings. The van der Waals surface area contributed by atoms with Crippen LogP contribution >= 0.6 is 0 Å². The monoisotopic (exact) mass is 280 g/mol. The van der Waals surface area contributed by atoms with Crippen molar-refractivity contribution in [1.29, 1.82) is 5.26 Å². The summed E-state index contributed by atoms with van der Waals surface area (Å²) < 4.78 is 11.1. The maximum Gasteiger partial charge on any atom is 0.412 e. The van der Waals surface area contributed by atoms with Gasteiger partial charge in [0.05, 0.1) is 18.7 Å². The zero-order valence-corrected chi connectivity index (χ0v) is 13.0. The Morgan fingerprint density at radius 1 is 1.55 bits per heavy atom. The molecular formula is C15H24N2O3. The van der Waals surface area contributed by atoms with Crippen LogP contribution < -0.4 is 0 Å². The molecular weight excluding hydrogens is 256 g/mol. The number of carbonyl (C=O) groups is 1. The van der Waals surface area contributed by atoms with Gasteiger partial charge in [-0.05, 0) is 47.5 Å². The smallest absolute Gasteiger partial charge is 0.412 e. The molecule has 0 bridgehead atoms. The van der Waals surface area contributed by atoms with Crippen molar-refractivity contribution in [2.45, 2.75) is 64.8 Å². The van der Waals surface area contributed by atoms with Gasteiger partial charge >= 0.3 is 6.09 Å². The highest BCUT2D eigenvalue weighted by Gasteiger charge is 2.45. The number of amides is 1. The molecule has 1 atom stereocenters. The van der Waals surface area contributed by atoms with E-state index in [9.17, 15) is 4.79 Å². The molecule has 1 saturated heterocycles. The van der Waals surface area contributed by atoms with Crippen molar-refractivity contribution in [2.24, 2.45) is 0 Å². The first-order valence-corrected chi connectivity index (χ1v) is 6.88. The lowest BCUT2D eigenvalue weighted by Crippen LogP contribution is -2.49. The normalized spacial score (nSPS) is 22.0. The van der Waals surface area contributed by atoms with Crippen LogP contribution in [0.5, 0.6) is 0 Å². The summed E-state index contributed by atoms with van der Waals surface area (Å²) in [7, 11) is 0. The fraction of sp³-hybridized carbons (Fsp3) is 0.733. The molecule has 0 saturated carbocycles. The summed E-state index contributed by atoms with van der Waals surface area (Å²) in [5.74, 6) is 0. The third-order valence-electron chi connectivity index (χ3n) is 3.02. The van der Waals surface area contributed by atoms with Crippen LogP contribution in [0.3, 0.4) is 0 Å². The van der Waals surface area contributed by atoms with Crippen molar-refractivity contribution in [3.8, 4) is 6.07 Å². The molecule has 1 aliphatic heterocycles. The van der Waals surface area contributed by atoms with Gasteiger partial charge in [0, 0.05) is 6.08 Å². The Hall–Kier alpha value is -1.54. The molecule has 1 amide bonds. The van der Waals surface area contributed by atoms with Crippen LogP contribution in [0.1, 0.15) is 47.5 Å². The average Bonchev–Trinajstić information content (AvgIpc) is 2.58. The van der Waals surface area contributed by atoms with Crippen molar-refractivity contribution in [3.63, 3.8) is 0 Å². The number of ether oxygens (including phenoxy) is 2. The van der Waals surface area contributed by atoms with E-state index in [1.54, 1.807) is 11.0 Å². The first-order valence-electron chi connectivity index (χ1n) is 6.88. The quantitative estimate of drug-likeness (QED) is 0.745. The molecule has 0 aromatic heterocycles. The topological polar surface area (TPSA) is 62.6 Å². The van der Waals surface area contributed by atoms with Crippen LogP contribution in [-0.4, -0.2) is 35.0 Å². The highest BCUT2D eigenvalue weighted by Crippen LogP contribution is 2.31. The maximum absolute atomic E-state index is 12.3. The Bertz CT molecular complexity index is 416. The van der Waals surface area contributed by atoms with Crippen molar-refractivity contribution in [2.75, 3.05) is 6.61 Å². The van der Waals surface area contributed by atoms with Crippen molar-refractivity contribution < 1.29 is 14.3 Å². The minimum Gasteiger partial charge on any atom is -0.444 e. The van der Waals surface area contributed by atoms with Crippen molar-refractivity contribution in [3.05, 3.63) is 12.2 Å². The Morgan fingerprint density at radius 2 is 2.20 bits per heavy atom. The molecule has 0 aromatic rings. The fourth-order valence-corrected chi connectivity index (χ4v) is 2.20. The Morgan fingerprint density at radius 3 is 2.75 bits per heavy atom. The van der Waals surface area contributed by atoms with E-state index in [0.29, 0.717) is 6.61 Å². The molecule has 5 heteroatoms. The van der Waals surface area contributed by atoms with E-state index in [1.807, 2.05) is 40.7 Å². The second-order valence-corrected chi connectivity index (χ2v) is 6.37. The molecule has 1 rings (SSSR count). The standard InChI is InChI=1S/C15H24N2O3/c1-14(2,3)20-13(18)17-12(9-7-6-8-10-16)11-19-15(17,4)5/h6,8,12H,7,9,11H2,1-5H3/b8-6+. The number of allylic oxidation sites excluding steroid dienone is 2. The van der Waals surface area contributed by atoms with Crippen LogP contribution in [0.15, 0.2) is 12.2 Å². The molecule has 0 radical (unpaired) electrons. The molecule has 0 aliphatic carbocycles. The molecule has 112 valence electrons. The Balaban J connectivity index is 2.73. The van der Waals surface area contributed by atoms with Crippen LogP contribution in [0, 0.1) is 11.3 Å². The predicted molar refractivity (Wildman–Crippen MR) is 75.9 cm³/mol. The average molecular weight is 280 g/mol. The van der Waals surface area contributed by atoms with E-state index in [4.69, 9.17) is 14.7 Å². The summed E-state index contributed by atoms with van der Waals surface area (Å²) in [6.45, 7) is 9.76. The lowest BCUT2D eigenvalue weighted by atomic mass is 10.1. The van der Waals surface area contributed by atoms with Crippen LogP contribution in [0.25, 0.3) is 0 Å². The molecule has 0 N–H and O–H groups in total. The molecule has 0 aromatic carbocycles. The molecule has 1 aliphatic rings. The molecule has 0 spiro atoms. The third kappa shape index (κ3) is 4.53. The number of hydrogen-bond donors (Lipinski definition) is 0. The van der Waals surface area contributed by atoms with Crippen molar-refractivity contribution >= 4 is 6.09 Å². The van der Waals surface area contributed by atoms with Crippen LogP contribution in [0.2, 0.25) is 0 Å². The number of carbonyl (C=O) groups excluding carboxylic acids is 1. The zero-order valence-electron chi connectivity index (χ0n) is 13.0. The highest BCUT2D eigenvalue weighted by molar-refractivity contribution is 5.69. The van der Waals surface area contributed by atoms with Gasteiger partial charge in [-0.15, -0.1) is 0 Å². The largest absolute Gasteiger partial charge is 0.444 e. The van der Waals surface area contributed by atoms with Gasteiger partial charge < -0.3 is 9.47 Å². The Labute approximate surface area is 121 Å². The predicted octanol–water partition coefficient (Wildman–Crippen LogP) is 3.22. The van der Waals surface area contributed by atoms with Gasteiger partial charge in [0.25, 0.3) is 0 Å². The summed E-state index contributed by atoms with van der Waals surface area (Å²) in [5, 5.41) is 8.46. The number of hydrogen-bond acceptors (Lipinski definition) is 4. The summed E-state index contributed by atoms with van der Waals surface area (Å²) in [5.41, 5.74) is -1.19. The van der Waals surface area contributed by atoms with Gasteiger partial charge in [-0.2, -0.15) is 5.26 Å². The number of rotatable bonds is 3.